The summed E-state index contributed by atoms with van der Waals surface area (Å²) in [5.41, 5.74) is 1.02. The molecule has 10 nitrogen and oxygen atoms in total. The minimum absolute atomic E-state index is 0.0271. The Hall–Kier alpha value is -3.11. The molecule has 0 bridgehead atoms. The van der Waals surface area contributed by atoms with Gasteiger partial charge < -0.3 is 10.0 Å². The van der Waals surface area contributed by atoms with Crippen LogP contribution in [0.25, 0.3) is 5.78 Å². The molecule has 2 N–H and O–H groups in total. The summed E-state index contributed by atoms with van der Waals surface area (Å²) in [5.74, 6) is 0.604. The zero-order valence-electron chi connectivity index (χ0n) is 16.4. The summed E-state index contributed by atoms with van der Waals surface area (Å²) in [6, 6.07) is 5.24. The summed E-state index contributed by atoms with van der Waals surface area (Å²) >= 11 is 0. The summed E-state index contributed by atoms with van der Waals surface area (Å²) in [6.45, 7) is 3.12. The molecule has 2 saturated heterocycles. The van der Waals surface area contributed by atoms with Gasteiger partial charge in [0.15, 0.2) is 0 Å². The number of nitrogens with one attached hydrogen (secondary N) is 1. The number of rotatable bonds is 5. The largest absolute Gasteiger partial charge is 0.396 e. The monoisotopic (exact) mass is 409 g/mol. The first-order chi connectivity index (χ1) is 14.6. The van der Waals surface area contributed by atoms with Gasteiger partial charge in [-0.2, -0.15) is 4.52 Å². The molecule has 0 radical (unpaired) electrons. The van der Waals surface area contributed by atoms with Crippen LogP contribution < -0.4 is 5.56 Å². The van der Waals surface area contributed by atoms with E-state index >= 15 is 0 Å². The van der Waals surface area contributed by atoms with E-state index in [1.807, 2.05) is 17.0 Å². The van der Waals surface area contributed by atoms with Gasteiger partial charge in [-0.05, 0) is 17.5 Å². The quantitative estimate of drug-likeness (QED) is 0.572. The summed E-state index contributed by atoms with van der Waals surface area (Å²) in [5, 5.41) is 12.9. The van der Waals surface area contributed by atoms with Crippen LogP contribution in [0.15, 0.2) is 41.7 Å². The lowest BCUT2D eigenvalue weighted by Gasteiger charge is -2.27. The molecule has 0 saturated carbocycles. The Morgan fingerprint density at radius 2 is 2.23 bits per heavy atom. The topological polar surface area (TPSA) is 120 Å². The zero-order chi connectivity index (χ0) is 20.7. The highest BCUT2D eigenvalue weighted by molar-refractivity contribution is 5.79. The van der Waals surface area contributed by atoms with Gasteiger partial charge in [-0.25, -0.2) is 9.97 Å². The SMILES string of the molecule is O=C(Cc1cccnc1)N1C[C@@H]2CN(Cc3cc(=O)n4[nH]cnc4n3)C[C@]2(CO)C1. The number of fused-ring (bicyclic) bond motifs is 2. The van der Waals surface area contributed by atoms with Crippen molar-refractivity contribution in [2.45, 2.75) is 13.0 Å². The molecule has 10 heteroatoms. The van der Waals surface area contributed by atoms with E-state index in [9.17, 15) is 14.7 Å². The van der Waals surface area contributed by atoms with Crippen LogP contribution in [0, 0.1) is 11.3 Å². The Balaban J connectivity index is 1.27. The lowest BCUT2D eigenvalue weighted by atomic mass is 9.82. The smallest absolute Gasteiger partial charge is 0.274 e. The van der Waals surface area contributed by atoms with E-state index in [1.54, 1.807) is 12.4 Å². The summed E-state index contributed by atoms with van der Waals surface area (Å²) in [6.07, 6.45) is 5.16. The van der Waals surface area contributed by atoms with Gasteiger partial charge in [0, 0.05) is 56.6 Å². The van der Waals surface area contributed by atoms with Crippen molar-refractivity contribution in [2.75, 3.05) is 32.8 Å². The molecule has 0 aliphatic carbocycles. The number of amides is 1. The first-order valence-electron chi connectivity index (χ1n) is 9.98. The van der Waals surface area contributed by atoms with Gasteiger partial charge in [0.2, 0.25) is 5.91 Å². The Kier molecular flexibility index (Phi) is 4.59. The van der Waals surface area contributed by atoms with E-state index in [-0.39, 0.29) is 29.4 Å². The van der Waals surface area contributed by atoms with Gasteiger partial charge in [-0.1, -0.05) is 6.07 Å². The van der Waals surface area contributed by atoms with Gasteiger partial charge in [-0.3, -0.25) is 24.6 Å². The van der Waals surface area contributed by atoms with Crippen molar-refractivity contribution in [1.82, 2.24) is 34.4 Å². The van der Waals surface area contributed by atoms with Crippen LogP contribution in [-0.4, -0.2) is 78.2 Å². The van der Waals surface area contributed by atoms with Crippen LogP contribution in [0.4, 0.5) is 0 Å². The molecule has 2 fully saturated rings. The van der Waals surface area contributed by atoms with Gasteiger partial charge in [0.1, 0.15) is 6.33 Å². The number of nitrogens with zero attached hydrogens (tertiary/aromatic N) is 6. The standard InChI is InChI=1S/C20H23N7O3/c28-12-20-10-25(9-16-5-18(30)27-19(24-16)22-13-23-27)7-15(20)8-26(11-20)17(29)4-14-2-1-3-21-6-14/h1-3,5-6,13,15,28H,4,7-12H2,(H,22,23,24)/t15-,20+/m0/s1. The van der Waals surface area contributed by atoms with Gasteiger partial charge in [0.05, 0.1) is 18.7 Å². The van der Waals surface area contributed by atoms with E-state index in [0.29, 0.717) is 44.1 Å². The summed E-state index contributed by atoms with van der Waals surface area (Å²) in [7, 11) is 0. The number of aliphatic hydroxyl groups is 1. The molecule has 3 aromatic heterocycles. The third-order valence-corrected chi connectivity index (χ3v) is 6.28. The van der Waals surface area contributed by atoms with Crippen LogP contribution in [0.1, 0.15) is 11.3 Å². The molecule has 2 aliphatic heterocycles. The molecule has 0 unspecified atom stereocenters. The maximum absolute atomic E-state index is 12.8. The van der Waals surface area contributed by atoms with E-state index in [4.69, 9.17) is 0 Å². The fourth-order valence-corrected chi connectivity index (χ4v) is 4.79. The predicted octanol–water partition coefficient (Wildman–Crippen LogP) is -0.692. The van der Waals surface area contributed by atoms with Crippen LogP contribution in [0.2, 0.25) is 0 Å². The fourth-order valence-electron chi connectivity index (χ4n) is 4.79. The number of likely N-dealkylation sites (tertiary alicyclic amines) is 2. The first kappa shape index (κ1) is 18.9. The second-order valence-corrected chi connectivity index (χ2v) is 8.31. The van der Waals surface area contributed by atoms with E-state index in [1.165, 1.54) is 16.9 Å². The van der Waals surface area contributed by atoms with Crippen molar-refractivity contribution >= 4 is 11.7 Å². The van der Waals surface area contributed by atoms with Gasteiger partial charge in [-0.15, -0.1) is 0 Å². The number of carbonyl (C=O) groups excluding carboxylic acids is 1. The molecule has 2 atom stereocenters. The number of hydrogen-bond donors (Lipinski definition) is 2. The molecule has 1 amide bonds. The lowest BCUT2D eigenvalue weighted by Crippen LogP contribution is -2.39. The third-order valence-electron chi connectivity index (χ3n) is 6.28. The summed E-state index contributed by atoms with van der Waals surface area (Å²) < 4.78 is 1.29. The average molecular weight is 409 g/mol. The Labute approximate surface area is 172 Å². The highest BCUT2D eigenvalue weighted by Crippen LogP contribution is 2.42. The predicted molar refractivity (Wildman–Crippen MR) is 106 cm³/mol. The lowest BCUT2D eigenvalue weighted by molar-refractivity contribution is -0.130. The number of carbonyl (C=O) groups is 1. The van der Waals surface area contributed by atoms with Crippen LogP contribution in [0.5, 0.6) is 0 Å². The fraction of sp³-hybridized carbons (Fsp3) is 0.450. The highest BCUT2D eigenvalue weighted by atomic mass is 16.3. The molecular weight excluding hydrogens is 386 g/mol. The normalized spacial score (nSPS) is 23.9. The molecule has 0 spiro atoms. The van der Waals surface area contributed by atoms with Crippen molar-refractivity contribution in [1.29, 1.82) is 0 Å². The van der Waals surface area contributed by atoms with Crippen LogP contribution in [0.3, 0.4) is 0 Å². The van der Waals surface area contributed by atoms with Crippen molar-refractivity contribution in [3.05, 3.63) is 58.5 Å². The second-order valence-electron chi connectivity index (χ2n) is 8.31. The van der Waals surface area contributed by atoms with Crippen molar-refractivity contribution in [3.8, 4) is 0 Å². The molecule has 30 heavy (non-hydrogen) atoms. The molecule has 5 heterocycles. The number of pyridine rings is 1. The second kappa shape index (κ2) is 7.29. The van der Waals surface area contributed by atoms with Crippen molar-refractivity contribution in [3.63, 3.8) is 0 Å². The number of H-pyrrole nitrogens is 1. The number of aromatic amines is 1. The van der Waals surface area contributed by atoms with Gasteiger partial charge in [0.25, 0.3) is 11.3 Å². The van der Waals surface area contributed by atoms with Crippen molar-refractivity contribution < 1.29 is 9.90 Å². The zero-order valence-corrected chi connectivity index (χ0v) is 16.4. The van der Waals surface area contributed by atoms with Crippen LogP contribution in [-0.2, 0) is 17.8 Å². The van der Waals surface area contributed by atoms with Gasteiger partial charge >= 0.3 is 0 Å². The Morgan fingerprint density at radius 3 is 3.00 bits per heavy atom. The molecule has 3 aromatic rings. The third kappa shape index (κ3) is 3.27. The first-order valence-corrected chi connectivity index (χ1v) is 9.98. The average Bonchev–Trinajstić information content (AvgIpc) is 3.41. The van der Waals surface area contributed by atoms with Crippen molar-refractivity contribution in [2.24, 2.45) is 11.3 Å². The van der Waals surface area contributed by atoms with E-state index in [2.05, 4.69) is 25.0 Å². The Morgan fingerprint density at radius 1 is 1.33 bits per heavy atom. The Bertz CT molecular complexity index is 1130. The highest BCUT2D eigenvalue weighted by Gasteiger charge is 2.53. The molecule has 156 valence electrons. The number of aliphatic hydroxyl groups excluding tert-OH is 1. The maximum Gasteiger partial charge on any atom is 0.274 e. The van der Waals surface area contributed by atoms with Crippen LogP contribution >= 0.6 is 0 Å². The molecule has 2 aliphatic rings. The molecular formula is C20H23N7O3. The number of aromatic nitrogens is 5. The number of hydrogen-bond acceptors (Lipinski definition) is 7. The molecule has 5 rings (SSSR count). The summed E-state index contributed by atoms with van der Waals surface area (Å²) in [4.78, 5) is 41.6. The van der Waals surface area contributed by atoms with E-state index in [0.717, 1.165) is 12.1 Å². The minimum Gasteiger partial charge on any atom is -0.396 e. The molecule has 0 aromatic carbocycles. The van der Waals surface area contributed by atoms with E-state index < -0.39 is 0 Å². The maximum atomic E-state index is 12.8. The minimum atomic E-state index is -0.337.